The van der Waals surface area contributed by atoms with Crippen LogP contribution in [0.2, 0.25) is 0 Å². The summed E-state index contributed by atoms with van der Waals surface area (Å²) in [5.41, 5.74) is 1.05. The highest BCUT2D eigenvalue weighted by molar-refractivity contribution is 14.0. The molecular formula is C20H33IN4O3. The molecule has 7 nitrogen and oxygen atoms in total. The average molecular weight is 504 g/mol. The Morgan fingerprint density at radius 1 is 1.25 bits per heavy atom. The average Bonchev–Trinajstić information content (AvgIpc) is 3.08. The lowest BCUT2D eigenvalue weighted by Crippen LogP contribution is -2.39. The first kappa shape index (κ1) is 24.3. The fourth-order valence-electron chi connectivity index (χ4n) is 3.02. The SMILES string of the molecule is CCNC(=NCc1ccc(OC)c(OCC)c1)NCCCN1CCCC1=O.I. The van der Waals surface area contributed by atoms with Crippen molar-refractivity contribution in [2.24, 2.45) is 4.99 Å². The van der Waals surface area contributed by atoms with Crippen LogP contribution in [0.25, 0.3) is 0 Å². The molecule has 0 bridgehead atoms. The molecule has 1 aliphatic heterocycles. The monoisotopic (exact) mass is 504 g/mol. The third-order valence-corrected chi connectivity index (χ3v) is 4.36. The molecule has 0 unspecified atom stereocenters. The van der Waals surface area contributed by atoms with E-state index in [1.54, 1.807) is 7.11 Å². The molecule has 1 aromatic carbocycles. The summed E-state index contributed by atoms with van der Waals surface area (Å²) >= 11 is 0. The number of hydrogen-bond acceptors (Lipinski definition) is 4. The van der Waals surface area contributed by atoms with Gasteiger partial charge >= 0.3 is 0 Å². The van der Waals surface area contributed by atoms with Crippen LogP contribution in [0, 0.1) is 0 Å². The Morgan fingerprint density at radius 2 is 2.07 bits per heavy atom. The van der Waals surface area contributed by atoms with Crippen molar-refractivity contribution >= 4 is 35.8 Å². The molecule has 2 N–H and O–H groups in total. The number of carbonyl (C=O) groups is 1. The van der Waals surface area contributed by atoms with Crippen molar-refractivity contribution in [1.82, 2.24) is 15.5 Å². The molecule has 2 rings (SSSR count). The molecule has 28 heavy (non-hydrogen) atoms. The van der Waals surface area contributed by atoms with Gasteiger partial charge in [0.05, 0.1) is 20.3 Å². The number of guanidine groups is 1. The molecular weight excluding hydrogens is 471 g/mol. The number of nitrogens with one attached hydrogen (secondary N) is 2. The second-order valence-corrected chi connectivity index (χ2v) is 6.38. The summed E-state index contributed by atoms with van der Waals surface area (Å²) in [5.74, 6) is 2.52. The Hall–Kier alpha value is -1.71. The van der Waals surface area contributed by atoms with Crippen molar-refractivity contribution in [3.05, 3.63) is 23.8 Å². The number of hydrogen-bond donors (Lipinski definition) is 2. The minimum absolute atomic E-state index is 0. The Balaban J connectivity index is 0.00000392. The molecule has 158 valence electrons. The van der Waals surface area contributed by atoms with E-state index in [0.29, 0.717) is 19.6 Å². The van der Waals surface area contributed by atoms with Gasteiger partial charge in [0.25, 0.3) is 0 Å². The number of carbonyl (C=O) groups excluding carboxylic acids is 1. The van der Waals surface area contributed by atoms with E-state index in [2.05, 4.69) is 15.6 Å². The molecule has 0 aliphatic carbocycles. The van der Waals surface area contributed by atoms with Gasteiger partial charge in [-0.25, -0.2) is 4.99 Å². The summed E-state index contributed by atoms with van der Waals surface area (Å²) in [6, 6.07) is 5.87. The summed E-state index contributed by atoms with van der Waals surface area (Å²) in [7, 11) is 1.64. The smallest absolute Gasteiger partial charge is 0.222 e. The number of methoxy groups -OCH3 is 1. The Bertz CT molecular complexity index is 640. The molecule has 1 fully saturated rings. The van der Waals surface area contributed by atoms with Gasteiger partial charge in [-0.05, 0) is 44.4 Å². The second-order valence-electron chi connectivity index (χ2n) is 6.38. The summed E-state index contributed by atoms with van der Waals surface area (Å²) in [6.45, 7) is 8.41. The van der Waals surface area contributed by atoms with E-state index in [1.165, 1.54) is 0 Å². The van der Waals surface area contributed by atoms with Crippen LogP contribution in [-0.4, -0.2) is 56.7 Å². The Kier molecular flexibility index (Phi) is 11.7. The third-order valence-electron chi connectivity index (χ3n) is 4.36. The maximum absolute atomic E-state index is 11.6. The van der Waals surface area contributed by atoms with Crippen molar-refractivity contribution in [2.45, 2.75) is 39.7 Å². The Labute approximate surface area is 185 Å². The molecule has 1 heterocycles. The molecule has 1 aliphatic rings. The van der Waals surface area contributed by atoms with Crippen molar-refractivity contribution < 1.29 is 14.3 Å². The van der Waals surface area contributed by atoms with Crippen molar-refractivity contribution in [3.8, 4) is 11.5 Å². The van der Waals surface area contributed by atoms with E-state index in [4.69, 9.17) is 9.47 Å². The van der Waals surface area contributed by atoms with Gasteiger partial charge in [-0.15, -0.1) is 24.0 Å². The highest BCUT2D eigenvalue weighted by Crippen LogP contribution is 2.28. The van der Waals surface area contributed by atoms with Crippen LogP contribution in [0.3, 0.4) is 0 Å². The number of aliphatic imine (C=N–C) groups is 1. The first-order valence-corrected chi connectivity index (χ1v) is 9.77. The van der Waals surface area contributed by atoms with Gasteiger partial charge in [0.15, 0.2) is 17.5 Å². The Morgan fingerprint density at radius 3 is 2.71 bits per heavy atom. The number of amides is 1. The lowest BCUT2D eigenvalue weighted by atomic mass is 10.2. The molecule has 0 aromatic heterocycles. The lowest BCUT2D eigenvalue weighted by Gasteiger charge is -2.16. The van der Waals surface area contributed by atoms with Crippen molar-refractivity contribution in [3.63, 3.8) is 0 Å². The van der Waals surface area contributed by atoms with E-state index < -0.39 is 0 Å². The number of ether oxygens (including phenoxy) is 2. The van der Waals surface area contributed by atoms with E-state index in [1.807, 2.05) is 36.9 Å². The van der Waals surface area contributed by atoms with Crippen molar-refractivity contribution in [2.75, 3.05) is 39.9 Å². The van der Waals surface area contributed by atoms with Crippen LogP contribution >= 0.6 is 24.0 Å². The summed E-state index contributed by atoms with van der Waals surface area (Å²) in [4.78, 5) is 18.2. The highest BCUT2D eigenvalue weighted by atomic mass is 127. The van der Waals surface area contributed by atoms with Crippen LogP contribution in [0.1, 0.15) is 38.7 Å². The van der Waals surface area contributed by atoms with Crippen molar-refractivity contribution in [1.29, 1.82) is 0 Å². The largest absolute Gasteiger partial charge is 0.493 e. The van der Waals surface area contributed by atoms with Crippen LogP contribution in [-0.2, 0) is 11.3 Å². The lowest BCUT2D eigenvalue weighted by molar-refractivity contribution is -0.127. The van der Waals surface area contributed by atoms with Gasteiger partial charge in [-0.2, -0.15) is 0 Å². The third kappa shape index (κ3) is 7.73. The van der Waals surface area contributed by atoms with Crippen LogP contribution in [0.15, 0.2) is 23.2 Å². The van der Waals surface area contributed by atoms with E-state index in [-0.39, 0.29) is 29.9 Å². The molecule has 1 amide bonds. The minimum Gasteiger partial charge on any atom is -0.493 e. The molecule has 0 saturated carbocycles. The summed E-state index contributed by atoms with van der Waals surface area (Å²) < 4.78 is 10.9. The standard InChI is InChI=1S/C20H32N4O3.HI/c1-4-21-20(22-11-7-13-24-12-6-8-19(24)25)23-15-16-9-10-17(26-3)18(14-16)27-5-2;/h9-10,14H,4-8,11-13,15H2,1-3H3,(H2,21,22,23);1H. The van der Waals surface area contributed by atoms with Gasteiger partial charge in [-0.1, -0.05) is 6.07 Å². The second kappa shape index (κ2) is 13.5. The van der Waals surface area contributed by atoms with Crippen LogP contribution in [0.5, 0.6) is 11.5 Å². The maximum Gasteiger partial charge on any atom is 0.222 e. The number of likely N-dealkylation sites (tertiary alicyclic amines) is 1. The summed E-state index contributed by atoms with van der Waals surface area (Å²) in [6.07, 6.45) is 2.60. The predicted octanol–water partition coefficient (Wildman–Crippen LogP) is 2.78. The van der Waals surface area contributed by atoms with E-state index in [0.717, 1.165) is 62.0 Å². The van der Waals surface area contributed by atoms with Gasteiger partial charge < -0.3 is 25.0 Å². The zero-order chi connectivity index (χ0) is 19.5. The molecule has 1 aromatic rings. The van der Waals surface area contributed by atoms with Crippen LogP contribution < -0.4 is 20.1 Å². The minimum atomic E-state index is 0. The topological polar surface area (TPSA) is 75.2 Å². The zero-order valence-electron chi connectivity index (χ0n) is 17.1. The van der Waals surface area contributed by atoms with Gasteiger partial charge in [-0.3, -0.25) is 4.79 Å². The normalized spacial score (nSPS) is 13.9. The molecule has 1 saturated heterocycles. The van der Waals surface area contributed by atoms with E-state index in [9.17, 15) is 4.79 Å². The van der Waals surface area contributed by atoms with Gasteiger partial charge in [0.1, 0.15) is 0 Å². The first-order valence-electron chi connectivity index (χ1n) is 9.77. The fraction of sp³-hybridized carbons (Fsp3) is 0.600. The predicted molar refractivity (Wildman–Crippen MR) is 123 cm³/mol. The highest BCUT2D eigenvalue weighted by Gasteiger charge is 2.18. The van der Waals surface area contributed by atoms with Gasteiger partial charge in [0.2, 0.25) is 5.91 Å². The van der Waals surface area contributed by atoms with Crippen LogP contribution in [0.4, 0.5) is 0 Å². The fourth-order valence-corrected chi connectivity index (χ4v) is 3.02. The molecule has 0 atom stereocenters. The quantitative estimate of drug-likeness (QED) is 0.222. The summed E-state index contributed by atoms with van der Waals surface area (Å²) in [5, 5.41) is 6.59. The number of rotatable bonds is 10. The molecule has 0 spiro atoms. The first-order chi connectivity index (χ1) is 13.2. The maximum atomic E-state index is 11.6. The zero-order valence-corrected chi connectivity index (χ0v) is 19.5. The van der Waals surface area contributed by atoms with Gasteiger partial charge in [0, 0.05) is 32.6 Å². The number of halogens is 1. The molecule has 8 heteroatoms. The number of benzene rings is 1. The molecule has 0 radical (unpaired) electrons. The number of nitrogens with zero attached hydrogens (tertiary/aromatic N) is 2. The van der Waals surface area contributed by atoms with E-state index >= 15 is 0 Å².